The molecule has 1 saturated carbocycles. The summed E-state index contributed by atoms with van der Waals surface area (Å²) < 4.78 is 0. The lowest BCUT2D eigenvalue weighted by Gasteiger charge is -2.38. The number of hydrogen-bond acceptors (Lipinski definition) is 2. The first-order chi connectivity index (χ1) is 5.21. The maximum Gasteiger partial charge on any atom is 0.0776 e. The van der Waals surface area contributed by atoms with E-state index in [0.717, 1.165) is 12.2 Å². The number of thioether (sulfide) groups is 1. The van der Waals surface area contributed by atoms with Crippen molar-refractivity contribution in [2.75, 3.05) is 5.75 Å². The molecule has 1 N–H and O–H groups in total. The zero-order valence-electron chi connectivity index (χ0n) is 7.05. The van der Waals surface area contributed by atoms with E-state index < -0.39 is 0 Å². The molecule has 0 amide bonds. The van der Waals surface area contributed by atoms with E-state index in [4.69, 9.17) is 0 Å². The molecule has 2 unspecified atom stereocenters. The second kappa shape index (κ2) is 2.67. The maximum absolute atomic E-state index is 10.2. The molecular weight excluding hydrogens is 156 g/mol. The third-order valence-electron chi connectivity index (χ3n) is 3.12. The second-order valence-corrected chi connectivity index (χ2v) is 5.48. The predicted octanol–water partition coefficient (Wildman–Crippen LogP) is 2.04. The first-order valence-electron chi connectivity index (χ1n) is 4.55. The van der Waals surface area contributed by atoms with Gasteiger partial charge in [-0.1, -0.05) is 13.3 Å². The van der Waals surface area contributed by atoms with Crippen LogP contribution in [0, 0.1) is 5.92 Å². The van der Waals surface area contributed by atoms with E-state index in [9.17, 15) is 5.11 Å². The van der Waals surface area contributed by atoms with Crippen molar-refractivity contribution in [3.8, 4) is 0 Å². The van der Waals surface area contributed by atoms with Gasteiger partial charge in [-0.15, -0.1) is 0 Å². The molecule has 0 aromatic rings. The number of hydrogen-bond donors (Lipinski definition) is 1. The Morgan fingerprint density at radius 2 is 2.18 bits per heavy atom. The Morgan fingerprint density at radius 3 is 2.55 bits per heavy atom. The Kier molecular flexibility index (Phi) is 1.92. The first kappa shape index (κ1) is 7.93. The molecule has 0 aromatic heterocycles. The first-order valence-corrected chi connectivity index (χ1v) is 5.59. The topological polar surface area (TPSA) is 20.2 Å². The minimum Gasteiger partial charge on any atom is -0.389 e. The Bertz CT molecular complexity index is 156. The van der Waals surface area contributed by atoms with Gasteiger partial charge < -0.3 is 5.11 Å². The van der Waals surface area contributed by atoms with Crippen LogP contribution in [0.4, 0.5) is 0 Å². The molecular formula is C9H16OS. The third kappa shape index (κ3) is 1.31. The summed E-state index contributed by atoms with van der Waals surface area (Å²) in [6.07, 6.45) is 4.90. The molecule has 1 heterocycles. The highest BCUT2D eigenvalue weighted by atomic mass is 32.2. The van der Waals surface area contributed by atoms with Crippen LogP contribution in [0.2, 0.25) is 0 Å². The van der Waals surface area contributed by atoms with Crippen LogP contribution in [0.25, 0.3) is 0 Å². The van der Waals surface area contributed by atoms with Crippen molar-refractivity contribution in [1.82, 2.24) is 0 Å². The van der Waals surface area contributed by atoms with Crippen molar-refractivity contribution < 1.29 is 5.11 Å². The Hall–Kier alpha value is 0.310. The fourth-order valence-corrected chi connectivity index (χ4v) is 3.47. The van der Waals surface area contributed by atoms with Gasteiger partial charge in [-0.3, -0.25) is 0 Å². The van der Waals surface area contributed by atoms with Crippen molar-refractivity contribution in [1.29, 1.82) is 0 Å². The van der Waals surface area contributed by atoms with Gasteiger partial charge in [0.15, 0.2) is 0 Å². The van der Waals surface area contributed by atoms with Crippen molar-refractivity contribution in [3.63, 3.8) is 0 Å². The lowest BCUT2D eigenvalue weighted by Crippen LogP contribution is -2.41. The van der Waals surface area contributed by atoms with E-state index in [0.29, 0.717) is 11.2 Å². The molecule has 1 aliphatic carbocycles. The number of aliphatic hydroxyl groups is 1. The highest BCUT2D eigenvalue weighted by Gasteiger charge is 2.44. The molecule has 1 nitrogen and oxygen atoms in total. The lowest BCUT2D eigenvalue weighted by atomic mass is 9.72. The quantitative estimate of drug-likeness (QED) is 0.653. The molecule has 2 aliphatic rings. The van der Waals surface area contributed by atoms with Crippen molar-refractivity contribution in [2.24, 2.45) is 5.92 Å². The zero-order valence-corrected chi connectivity index (χ0v) is 7.86. The summed E-state index contributed by atoms with van der Waals surface area (Å²) in [6.45, 7) is 2.22. The van der Waals surface area contributed by atoms with Crippen LogP contribution in [-0.2, 0) is 0 Å². The Labute approximate surface area is 72.6 Å². The average molecular weight is 172 g/mol. The van der Waals surface area contributed by atoms with Gasteiger partial charge in [0, 0.05) is 11.0 Å². The molecule has 1 saturated heterocycles. The van der Waals surface area contributed by atoms with Gasteiger partial charge in [0.05, 0.1) is 5.60 Å². The normalized spacial score (nSPS) is 45.8. The molecule has 2 atom stereocenters. The fraction of sp³-hybridized carbons (Fsp3) is 1.00. The molecule has 64 valence electrons. The summed E-state index contributed by atoms with van der Waals surface area (Å²) in [5.41, 5.74) is -0.275. The Balaban J connectivity index is 1.98. The minimum atomic E-state index is -0.275. The van der Waals surface area contributed by atoms with Crippen LogP contribution in [0.15, 0.2) is 0 Å². The predicted molar refractivity (Wildman–Crippen MR) is 48.8 cm³/mol. The SMILES string of the molecule is CC1CC(O)(C2CCC2)CS1. The van der Waals surface area contributed by atoms with Gasteiger partial charge in [0.25, 0.3) is 0 Å². The second-order valence-electron chi connectivity index (χ2n) is 4.06. The molecule has 2 rings (SSSR count). The molecule has 0 radical (unpaired) electrons. The molecule has 2 heteroatoms. The highest BCUT2D eigenvalue weighted by molar-refractivity contribution is 8.00. The van der Waals surface area contributed by atoms with E-state index in [2.05, 4.69) is 6.92 Å². The summed E-state index contributed by atoms with van der Waals surface area (Å²) in [5, 5.41) is 10.8. The Morgan fingerprint density at radius 1 is 1.45 bits per heavy atom. The van der Waals surface area contributed by atoms with Crippen molar-refractivity contribution >= 4 is 11.8 Å². The largest absolute Gasteiger partial charge is 0.389 e. The molecule has 1 aliphatic heterocycles. The smallest absolute Gasteiger partial charge is 0.0776 e. The summed E-state index contributed by atoms with van der Waals surface area (Å²) in [6, 6.07) is 0. The van der Waals surface area contributed by atoms with Crippen LogP contribution in [0.5, 0.6) is 0 Å². The summed E-state index contributed by atoms with van der Waals surface area (Å²) in [7, 11) is 0. The van der Waals surface area contributed by atoms with Gasteiger partial charge in [-0.05, 0) is 25.2 Å². The molecule has 2 fully saturated rings. The summed E-state index contributed by atoms with van der Waals surface area (Å²) >= 11 is 1.93. The van der Waals surface area contributed by atoms with E-state index in [1.807, 2.05) is 11.8 Å². The van der Waals surface area contributed by atoms with Crippen LogP contribution < -0.4 is 0 Å². The van der Waals surface area contributed by atoms with E-state index in [-0.39, 0.29) is 5.60 Å². The van der Waals surface area contributed by atoms with Gasteiger partial charge in [0.2, 0.25) is 0 Å². The van der Waals surface area contributed by atoms with Crippen molar-refractivity contribution in [3.05, 3.63) is 0 Å². The number of rotatable bonds is 1. The standard InChI is InChI=1S/C9H16OS/c1-7-5-9(10,6-11-7)8-3-2-4-8/h7-8,10H,2-6H2,1H3. The zero-order chi connectivity index (χ0) is 7.90. The monoisotopic (exact) mass is 172 g/mol. The van der Waals surface area contributed by atoms with Gasteiger partial charge in [-0.2, -0.15) is 11.8 Å². The van der Waals surface area contributed by atoms with Gasteiger partial charge >= 0.3 is 0 Å². The van der Waals surface area contributed by atoms with E-state index in [1.54, 1.807) is 0 Å². The van der Waals surface area contributed by atoms with Crippen LogP contribution >= 0.6 is 11.8 Å². The lowest BCUT2D eigenvalue weighted by molar-refractivity contribution is -0.0305. The fourth-order valence-electron chi connectivity index (χ4n) is 2.13. The molecule has 0 aromatic carbocycles. The molecule has 0 spiro atoms. The average Bonchev–Trinajstić information content (AvgIpc) is 2.06. The third-order valence-corrected chi connectivity index (χ3v) is 4.53. The van der Waals surface area contributed by atoms with E-state index in [1.165, 1.54) is 19.3 Å². The minimum absolute atomic E-state index is 0.275. The maximum atomic E-state index is 10.2. The van der Waals surface area contributed by atoms with Crippen LogP contribution in [-0.4, -0.2) is 21.7 Å². The van der Waals surface area contributed by atoms with E-state index >= 15 is 0 Å². The van der Waals surface area contributed by atoms with Crippen LogP contribution in [0.3, 0.4) is 0 Å². The van der Waals surface area contributed by atoms with Gasteiger partial charge in [-0.25, -0.2) is 0 Å². The van der Waals surface area contributed by atoms with Crippen LogP contribution in [0.1, 0.15) is 32.6 Å². The molecule has 11 heavy (non-hydrogen) atoms. The summed E-state index contributed by atoms with van der Waals surface area (Å²) in [5.74, 6) is 1.62. The summed E-state index contributed by atoms with van der Waals surface area (Å²) in [4.78, 5) is 0. The molecule has 0 bridgehead atoms. The van der Waals surface area contributed by atoms with Gasteiger partial charge in [0.1, 0.15) is 0 Å². The van der Waals surface area contributed by atoms with Crippen molar-refractivity contribution in [2.45, 2.75) is 43.5 Å². The highest BCUT2D eigenvalue weighted by Crippen LogP contribution is 2.46.